The van der Waals surface area contributed by atoms with Gasteiger partial charge in [-0.15, -0.1) is 24.0 Å². The lowest BCUT2D eigenvalue weighted by atomic mass is 10.1. The van der Waals surface area contributed by atoms with Crippen LogP contribution < -0.4 is 0 Å². The lowest BCUT2D eigenvalue weighted by molar-refractivity contribution is 0.0696. The van der Waals surface area contributed by atoms with Crippen molar-refractivity contribution in [2.75, 3.05) is 0 Å². The van der Waals surface area contributed by atoms with Crippen LogP contribution in [0.3, 0.4) is 0 Å². The first-order valence-electron chi connectivity index (χ1n) is 4.05. The molecule has 0 aliphatic heterocycles. The molecule has 0 bridgehead atoms. The monoisotopic (exact) mass is 224 g/mol. The van der Waals surface area contributed by atoms with Gasteiger partial charge in [-0.3, -0.25) is 0 Å². The highest BCUT2D eigenvalue weighted by atomic mass is 32.2. The molecule has 0 radical (unpaired) electrons. The van der Waals surface area contributed by atoms with Crippen molar-refractivity contribution in [1.29, 1.82) is 0 Å². The molecule has 0 aliphatic rings. The number of thiophene rings is 1. The third kappa shape index (κ3) is 1.40. The number of thiol groups is 1. The Morgan fingerprint density at radius 1 is 1.50 bits per heavy atom. The molecule has 1 N–H and O–H groups in total. The molecule has 14 heavy (non-hydrogen) atoms. The topological polar surface area (TPSA) is 37.3 Å². The van der Waals surface area contributed by atoms with Gasteiger partial charge in [0.25, 0.3) is 0 Å². The van der Waals surface area contributed by atoms with E-state index in [4.69, 9.17) is 5.11 Å². The fourth-order valence-electron chi connectivity index (χ4n) is 1.41. The van der Waals surface area contributed by atoms with E-state index in [0.29, 0.717) is 9.77 Å². The number of fused-ring (bicyclic) bond motifs is 1. The minimum atomic E-state index is -0.910. The van der Waals surface area contributed by atoms with Crippen molar-refractivity contribution in [3.8, 4) is 0 Å². The standard InChI is InChI=1S/C10H8O2S2/c1-5-2-3-7-6(4-5)8(9(11)12)10(13)14-7/h2-4,13H,1H3,(H,11,12). The molecule has 1 aromatic heterocycles. The third-order valence-corrected chi connectivity index (χ3v) is 3.51. The Labute approximate surface area is 90.6 Å². The Balaban J connectivity index is 2.86. The molecule has 0 amide bonds. The molecule has 72 valence electrons. The molecule has 1 aromatic carbocycles. The van der Waals surface area contributed by atoms with Gasteiger partial charge in [-0.1, -0.05) is 11.6 Å². The van der Waals surface area contributed by atoms with E-state index in [1.165, 1.54) is 11.3 Å². The van der Waals surface area contributed by atoms with Gasteiger partial charge < -0.3 is 5.11 Å². The molecule has 2 aromatic rings. The predicted molar refractivity (Wildman–Crippen MR) is 60.8 cm³/mol. The summed E-state index contributed by atoms with van der Waals surface area (Å²) in [5.74, 6) is -0.910. The minimum absolute atomic E-state index is 0.317. The maximum Gasteiger partial charge on any atom is 0.338 e. The molecule has 4 heteroatoms. The molecule has 0 saturated heterocycles. The van der Waals surface area contributed by atoms with Gasteiger partial charge in [-0.05, 0) is 19.1 Å². The summed E-state index contributed by atoms with van der Waals surface area (Å²) in [6.07, 6.45) is 0. The average Bonchev–Trinajstić information content (AvgIpc) is 2.40. The van der Waals surface area contributed by atoms with Crippen LogP contribution in [0.1, 0.15) is 15.9 Å². The van der Waals surface area contributed by atoms with E-state index in [-0.39, 0.29) is 0 Å². The number of hydrogen-bond donors (Lipinski definition) is 2. The number of benzene rings is 1. The molecule has 2 nitrogen and oxygen atoms in total. The summed E-state index contributed by atoms with van der Waals surface area (Å²) < 4.78 is 1.54. The molecule has 0 unspecified atom stereocenters. The Morgan fingerprint density at radius 2 is 2.21 bits per heavy atom. The van der Waals surface area contributed by atoms with Crippen LogP contribution in [0, 0.1) is 6.92 Å². The number of aromatic carboxylic acids is 1. The lowest BCUT2D eigenvalue weighted by Crippen LogP contribution is -1.95. The largest absolute Gasteiger partial charge is 0.478 e. The first kappa shape index (κ1) is 9.55. The number of carboxylic acid groups (broad SMARTS) is 1. The van der Waals surface area contributed by atoms with E-state index in [2.05, 4.69) is 12.6 Å². The van der Waals surface area contributed by atoms with Crippen LogP contribution in [-0.4, -0.2) is 11.1 Å². The smallest absolute Gasteiger partial charge is 0.338 e. The second kappa shape index (κ2) is 3.29. The van der Waals surface area contributed by atoms with Crippen molar-refractivity contribution < 1.29 is 9.90 Å². The fourth-order valence-corrected chi connectivity index (χ4v) is 2.83. The van der Waals surface area contributed by atoms with Crippen molar-refractivity contribution in [3.63, 3.8) is 0 Å². The predicted octanol–water partition coefficient (Wildman–Crippen LogP) is 3.20. The second-order valence-corrected chi connectivity index (χ2v) is 4.89. The number of carboxylic acids is 1. The van der Waals surface area contributed by atoms with Crippen molar-refractivity contribution in [1.82, 2.24) is 0 Å². The Morgan fingerprint density at radius 3 is 2.86 bits per heavy atom. The lowest BCUT2D eigenvalue weighted by Gasteiger charge is -1.95. The van der Waals surface area contributed by atoms with E-state index in [9.17, 15) is 4.79 Å². The zero-order chi connectivity index (χ0) is 10.3. The van der Waals surface area contributed by atoms with Crippen molar-refractivity contribution in [3.05, 3.63) is 29.3 Å². The van der Waals surface area contributed by atoms with Gasteiger partial charge in [0.05, 0.1) is 9.77 Å². The van der Waals surface area contributed by atoms with Crippen LogP contribution in [0.5, 0.6) is 0 Å². The molecule has 0 spiro atoms. The number of hydrogen-bond acceptors (Lipinski definition) is 3. The normalized spacial score (nSPS) is 10.7. The van der Waals surface area contributed by atoms with Gasteiger partial charge in [0.2, 0.25) is 0 Å². The zero-order valence-electron chi connectivity index (χ0n) is 7.44. The first-order chi connectivity index (χ1) is 6.59. The van der Waals surface area contributed by atoms with Gasteiger partial charge >= 0.3 is 5.97 Å². The van der Waals surface area contributed by atoms with E-state index >= 15 is 0 Å². The molecule has 2 rings (SSSR count). The van der Waals surface area contributed by atoms with Crippen LogP contribution in [0.25, 0.3) is 10.1 Å². The molecule has 0 aliphatic carbocycles. The van der Waals surface area contributed by atoms with Crippen LogP contribution in [0.15, 0.2) is 22.4 Å². The van der Waals surface area contributed by atoms with Crippen LogP contribution in [-0.2, 0) is 0 Å². The van der Waals surface area contributed by atoms with Gasteiger partial charge in [0.15, 0.2) is 0 Å². The summed E-state index contributed by atoms with van der Waals surface area (Å²) in [6, 6.07) is 5.79. The average molecular weight is 224 g/mol. The van der Waals surface area contributed by atoms with Crippen molar-refractivity contribution in [2.45, 2.75) is 11.1 Å². The molecule has 1 heterocycles. The fraction of sp³-hybridized carbons (Fsp3) is 0.100. The first-order valence-corrected chi connectivity index (χ1v) is 5.31. The Kier molecular flexibility index (Phi) is 2.25. The van der Waals surface area contributed by atoms with E-state index in [0.717, 1.165) is 15.6 Å². The maximum atomic E-state index is 11.0. The summed E-state index contributed by atoms with van der Waals surface area (Å²) in [5, 5.41) is 9.79. The van der Waals surface area contributed by atoms with Gasteiger partial charge in [-0.25, -0.2) is 4.79 Å². The van der Waals surface area contributed by atoms with Crippen molar-refractivity contribution >= 4 is 40.0 Å². The third-order valence-electron chi connectivity index (χ3n) is 2.04. The maximum absolute atomic E-state index is 11.0. The molecular weight excluding hydrogens is 216 g/mol. The molecule has 0 atom stereocenters. The molecular formula is C10H8O2S2. The SMILES string of the molecule is Cc1ccc2sc(S)c(C(=O)O)c2c1. The summed E-state index contributed by atoms with van der Waals surface area (Å²) >= 11 is 5.57. The Hall–Kier alpha value is -1.00. The summed E-state index contributed by atoms with van der Waals surface area (Å²) in [7, 11) is 0. The minimum Gasteiger partial charge on any atom is -0.478 e. The highest BCUT2D eigenvalue weighted by molar-refractivity contribution is 7.83. The zero-order valence-corrected chi connectivity index (χ0v) is 9.15. The number of rotatable bonds is 1. The van der Waals surface area contributed by atoms with E-state index in [1.54, 1.807) is 0 Å². The van der Waals surface area contributed by atoms with Crippen molar-refractivity contribution in [2.24, 2.45) is 0 Å². The Bertz CT molecular complexity index is 514. The quantitative estimate of drug-likeness (QED) is 0.730. The van der Waals surface area contributed by atoms with Crippen LogP contribution in [0.4, 0.5) is 0 Å². The van der Waals surface area contributed by atoms with E-state index < -0.39 is 5.97 Å². The highest BCUT2D eigenvalue weighted by Gasteiger charge is 2.15. The summed E-state index contributed by atoms with van der Waals surface area (Å²) in [6.45, 7) is 1.95. The highest BCUT2D eigenvalue weighted by Crippen LogP contribution is 2.34. The second-order valence-electron chi connectivity index (χ2n) is 3.09. The van der Waals surface area contributed by atoms with Gasteiger partial charge in [-0.2, -0.15) is 0 Å². The number of aryl methyl sites for hydroxylation is 1. The molecule has 0 saturated carbocycles. The number of carbonyl (C=O) groups is 1. The van der Waals surface area contributed by atoms with Gasteiger partial charge in [0.1, 0.15) is 0 Å². The van der Waals surface area contributed by atoms with Crippen LogP contribution in [0.2, 0.25) is 0 Å². The summed E-state index contributed by atoms with van der Waals surface area (Å²) in [4.78, 5) is 11.0. The van der Waals surface area contributed by atoms with Crippen LogP contribution >= 0.6 is 24.0 Å². The van der Waals surface area contributed by atoms with Gasteiger partial charge in [0, 0.05) is 10.1 Å². The van der Waals surface area contributed by atoms with E-state index in [1.807, 2.05) is 25.1 Å². The summed E-state index contributed by atoms with van der Waals surface area (Å²) in [5.41, 5.74) is 1.38. The molecule has 0 fully saturated rings.